The van der Waals surface area contributed by atoms with Gasteiger partial charge in [-0.05, 0) is 52.2 Å². The molecule has 0 spiro atoms. The van der Waals surface area contributed by atoms with Crippen LogP contribution in [0.25, 0.3) is 6.08 Å². The highest BCUT2D eigenvalue weighted by atomic mass is 79.9. The van der Waals surface area contributed by atoms with Crippen molar-refractivity contribution < 1.29 is 4.79 Å². The molecule has 0 unspecified atom stereocenters. The van der Waals surface area contributed by atoms with Crippen molar-refractivity contribution in [2.45, 2.75) is 19.8 Å². The molecule has 0 aliphatic heterocycles. The van der Waals surface area contributed by atoms with Crippen molar-refractivity contribution in [3.05, 3.63) is 61.2 Å². The second kappa shape index (κ2) is 7.21. The maximum absolute atomic E-state index is 12.1. The monoisotopic (exact) mass is 368 g/mol. The highest BCUT2D eigenvalue weighted by Crippen LogP contribution is 2.29. The van der Waals surface area contributed by atoms with E-state index < -0.39 is 0 Å². The summed E-state index contributed by atoms with van der Waals surface area (Å²) >= 11 is 11.0. The van der Waals surface area contributed by atoms with Gasteiger partial charge in [-0.15, -0.1) is 11.3 Å². The summed E-state index contributed by atoms with van der Waals surface area (Å²) in [4.78, 5) is 14.1. The van der Waals surface area contributed by atoms with Crippen LogP contribution < -0.4 is 0 Å². The third-order valence-corrected chi connectivity index (χ3v) is 5.17. The normalized spacial score (nSPS) is 11.2. The molecule has 2 rings (SSSR count). The van der Waals surface area contributed by atoms with Crippen molar-refractivity contribution in [1.82, 2.24) is 0 Å². The largest absolute Gasteiger partial charge is 0.288 e. The number of carbonyl (C=O) groups excluding carboxylic acids is 1. The Balaban J connectivity index is 2.13. The second-order valence-electron chi connectivity index (χ2n) is 4.38. The summed E-state index contributed by atoms with van der Waals surface area (Å²) in [5.41, 5.74) is 0.926. The molecule has 0 bridgehead atoms. The Labute approximate surface area is 136 Å². The Morgan fingerprint density at radius 3 is 2.90 bits per heavy atom. The lowest BCUT2D eigenvalue weighted by atomic mass is 10.2. The fraction of sp³-hybridized carbons (Fsp3) is 0.188. The number of hydrogen-bond donors (Lipinski definition) is 0. The molecule has 20 heavy (non-hydrogen) atoms. The molecule has 0 amide bonds. The summed E-state index contributed by atoms with van der Waals surface area (Å²) in [5.74, 6) is 0.0260. The van der Waals surface area contributed by atoms with Crippen LogP contribution in [-0.4, -0.2) is 5.78 Å². The van der Waals surface area contributed by atoms with E-state index in [4.69, 9.17) is 11.6 Å². The maximum atomic E-state index is 12.1. The highest BCUT2D eigenvalue weighted by molar-refractivity contribution is 9.10. The zero-order chi connectivity index (χ0) is 14.5. The maximum Gasteiger partial charge on any atom is 0.195 e. The lowest BCUT2D eigenvalue weighted by Crippen LogP contribution is -1.88. The number of hydrogen-bond acceptors (Lipinski definition) is 2. The van der Waals surface area contributed by atoms with Crippen molar-refractivity contribution in [3.63, 3.8) is 0 Å². The summed E-state index contributed by atoms with van der Waals surface area (Å²) in [6, 6.07) is 9.34. The van der Waals surface area contributed by atoms with Crippen molar-refractivity contribution in [3.8, 4) is 0 Å². The molecule has 0 N–H and O–H groups in total. The smallest absolute Gasteiger partial charge is 0.195 e. The van der Waals surface area contributed by atoms with Crippen molar-refractivity contribution in [2.24, 2.45) is 0 Å². The van der Waals surface area contributed by atoms with Crippen LogP contribution in [0.15, 0.2) is 40.9 Å². The standard InChI is InChI=1S/C16H14BrClOS/c1-2-4-15-13(17)10-16(20-15)14(19)8-7-11-5-3-6-12(18)9-11/h3,5-10H,2,4H2,1H3/b8-7+. The number of ketones is 1. The molecule has 1 nitrogen and oxygen atoms in total. The number of thiophene rings is 1. The van der Waals surface area contributed by atoms with Crippen LogP contribution in [0.1, 0.15) is 33.5 Å². The first kappa shape index (κ1) is 15.5. The first-order valence-corrected chi connectivity index (χ1v) is 8.35. The average Bonchev–Trinajstić information content (AvgIpc) is 2.78. The van der Waals surface area contributed by atoms with Gasteiger partial charge in [0.2, 0.25) is 0 Å². The molecular weight excluding hydrogens is 356 g/mol. The molecule has 1 aromatic carbocycles. The van der Waals surface area contributed by atoms with Gasteiger partial charge < -0.3 is 0 Å². The van der Waals surface area contributed by atoms with Crippen molar-refractivity contribution >= 4 is 50.7 Å². The third kappa shape index (κ3) is 4.05. The summed E-state index contributed by atoms with van der Waals surface area (Å²) < 4.78 is 1.03. The van der Waals surface area contributed by atoms with Gasteiger partial charge in [0.15, 0.2) is 5.78 Å². The molecule has 1 aromatic heterocycles. The predicted octanol–water partition coefficient (Wildman–Crippen LogP) is 6.01. The van der Waals surface area contributed by atoms with E-state index in [0.717, 1.165) is 27.8 Å². The van der Waals surface area contributed by atoms with E-state index in [-0.39, 0.29) is 5.78 Å². The highest BCUT2D eigenvalue weighted by Gasteiger charge is 2.10. The van der Waals surface area contributed by atoms with E-state index in [9.17, 15) is 4.79 Å². The van der Waals surface area contributed by atoms with Gasteiger partial charge in [-0.3, -0.25) is 4.79 Å². The van der Waals surface area contributed by atoms with Gasteiger partial charge >= 0.3 is 0 Å². The number of halogens is 2. The van der Waals surface area contributed by atoms with E-state index in [1.807, 2.05) is 30.3 Å². The molecule has 1 heterocycles. The van der Waals surface area contributed by atoms with Gasteiger partial charge in [-0.2, -0.15) is 0 Å². The molecule has 0 fully saturated rings. The molecule has 104 valence electrons. The lowest BCUT2D eigenvalue weighted by molar-refractivity contribution is 0.105. The quantitative estimate of drug-likeness (QED) is 0.466. The lowest BCUT2D eigenvalue weighted by Gasteiger charge is -1.94. The van der Waals surface area contributed by atoms with E-state index in [1.54, 1.807) is 23.5 Å². The molecule has 2 aromatic rings. The molecule has 4 heteroatoms. The minimum absolute atomic E-state index is 0.0260. The molecule has 0 saturated carbocycles. The molecular formula is C16H14BrClOS. The van der Waals surface area contributed by atoms with Crippen LogP contribution in [0.5, 0.6) is 0 Å². The first-order valence-electron chi connectivity index (χ1n) is 6.36. The minimum atomic E-state index is 0.0260. The SMILES string of the molecule is CCCc1sc(C(=O)/C=C/c2cccc(Cl)c2)cc1Br. The summed E-state index contributed by atoms with van der Waals surface area (Å²) in [5, 5.41) is 0.670. The number of rotatable bonds is 5. The molecule has 0 atom stereocenters. The number of benzene rings is 1. The zero-order valence-corrected chi connectivity index (χ0v) is 14.2. The molecule has 0 radical (unpaired) electrons. The van der Waals surface area contributed by atoms with Gasteiger partial charge in [0.25, 0.3) is 0 Å². The van der Waals surface area contributed by atoms with Crippen LogP contribution in [0.3, 0.4) is 0 Å². The first-order chi connectivity index (χ1) is 9.60. The van der Waals surface area contributed by atoms with Gasteiger partial charge in [-0.25, -0.2) is 0 Å². The number of aryl methyl sites for hydroxylation is 1. The summed E-state index contributed by atoms with van der Waals surface area (Å²) in [6.45, 7) is 2.13. The van der Waals surface area contributed by atoms with E-state index >= 15 is 0 Å². The van der Waals surface area contributed by atoms with Gasteiger partial charge in [0, 0.05) is 14.4 Å². The Bertz CT molecular complexity index is 646. The zero-order valence-electron chi connectivity index (χ0n) is 11.0. The Kier molecular flexibility index (Phi) is 5.58. The Hall–Kier alpha value is -0.900. The fourth-order valence-electron chi connectivity index (χ4n) is 1.79. The third-order valence-electron chi connectivity index (χ3n) is 2.75. The van der Waals surface area contributed by atoms with Crippen molar-refractivity contribution in [1.29, 1.82) is 0 Å². The second-order valence-corrected chi connectivity index (χ2v) is 6.81. The summed E-state index contributed by atoms with van der Waals surface area (Å²) in [6.07, 6.45) is 5.46. The van der Waals surface area contributed by atoms with Gasteiger partial charge in [-0.1, -0.05) is 43.2 Å². The van der Waals surface area contributed by atoms with Crippen molar-refractivity contribution in [2.75, 3.05) is 0 Å². The Morgan fingerprint density at radius 2 is 2.20 bits per heavy atom. The summed E-state index contributed by atoms with van der Waals surface area (Å²) in [7, 11) is 0. The predicted molar refractivity (Wildman–Crippen MR) is 90.8 cm³/mol. The Morgan fingerprint density at radius 1 is 1.40 bits per heavy atom. The van der Waals surface area contributed by atoms with Gasteiger partial charge in [0.1, 0.15) is 0 Å². The van der Waals surface area contributed by atoms with Crippen LogP contribution in [0.4, 0.5) is 0 Å². The van der Waals surface area contributed by atoms with Crippen LogP contribution in [0, 0.1) is 0 Å². The van der Waals surface area contributed by atoms with E-state index in [2.05, 4.69) is 22.9 Å². The van der Waals surface area contributed by atoms with Gasteiger partial charge in [0.05, 0.1) is 4.88 Å². The number of carbonyl (C=O) groups is 1. The molecule has 0 aliphatic carbocycles. The average molecular weight is 370 g/mol. The van der Waals surface area contributed by atoms with Crippen LogP contribution in [-0.2, 0) is 6.42 Å². The van der Waals surface area contributed by atoms with Crippen LogP contribution in [0.2, 0.25) is 5.02 Å². The minimum Gasteiger partial charge on any atom is -0.288 e. The van der Waals surface area contributed by atoms with E-state index in [1.165, 1.54) is 4.88 Å². The fourth-order valence-corrected chi connectivity index (χ4v) is 3.88. The molecule has 0 aliphatic rings. The topological polar surface area (TPSA) is 17.1 Å². The number of allylic oxidation sites excluding steroid dienone is 1. The molecule has 0 saturated heterocycles. The van der Waals surface area contributed by atoms with E-state index in [0.29, 0.717) is 5.02 Å². The van der Waals surface area contributed by atoms with Crippen LogP contribution >= 0.6 is 38.9 Å².